The van der Waals surface area contributed by atoms with Crippen LogP contribution in [0.5, 0.6) is 11.5 Å². The minimum absolute atomic E-state index is 0.0620. The molecular weight excluding hydrogens is 655 g/mol. The Bertz CT molecular complexity index is 1280. The zero-order valence-corrected chi connectivity index (χ0v) is 25.9. The van der Waals surface area contributed by atoms with Gasteiger partial charge >= 0.3 is 0 Å². The third-order valence-corrected chi connectivity index (χ3v) is 9.72. The molecule has 3 aliphatic rings. The van der Waals surface area contributed by atoms with Gasteiger partial charge in [0.15, 0.2) is 11.5 Å². The summed E-state index contributed by atoms with van der Waals surface area (Å²) in [5, 5.41) is 33.4. The molecule has 0 saturated heterocycles. The Hall–Kier alpha value is -2.61. The van der Waals surface area contributed by atoms with Crippen molar-refractivity contribution in [2.24, 2.45) is 17.8 Å². The number of nitrogens with one attached hydrogen (secondary N) is 1. The lowest BCUT2D eigenvalue weighted by Crippen LogP contribution is -2.55. The predicted octanol–water partition coefficient (Wildman–Crippen LogP) is 3.16. The molecule has 6 atom stereocenters. The highest BCUT2D eigenvalue weighted by Gasteiger charge is 2.44. The van der Waals surface area contributed by atoms with Crippen LogP contribution in [0.2, 0.25) is 0 Å². The van der Waals surface area contributed by atoms with Gasteiger partial charge in [-0.3, -0.25) is 9.59 Å². The zero-order valence-electron chi connectivity index (χ0n) is 23.7. The molecule has 42 heavy (non-hydrogen) atoms. The quantitative estimate of drug-likeness (QED) is 0.249. The summed E-state index contributed by atoms with van der Waals surface area (Å²) in [6, 6.07) is 4.46. The molecular formula is C31H39IN2O8. The largest absolute Gasteiger partial charge is 0.493 e. The first-order valence-corrected chi connectivity index (χ1v) is 15.6. The molecule has 2 amide bonds. The van der Waals surface area contributed by atoms with Crippen LogP contribution in [0.15, 0.2) is 46.8 Å². The Kier molecular flexibility index (Phi) is 10.1. The van der Waals surface area contributed by atoms with Crippen LogP contribution in [0, 0.1) is 21.3 Å². The minimum Gasteiger partial charge on any atom is -0.493 e. The van der Waals surface area contributed by atoms with Crippen molar-refractivity contribution >= 4 is 34.4 Å². The van der Waals surface area contributed by atoms with Crippen LogP contribution in [0.25, 0.3) is 0 Å². The number of carbonyl (C=O) groups is 2. The van der Waals surface area contributed by atoms with Crippen molar-refractivity contribution in [2.75, 3.05) is 20.3 Å². The van der Waals surface area contributed by atoms with Crippen molar-refractivity contribution in [2.45, 2.75) is 69.9 Å². The number of carbonyl (C=O) groups excluding carboxylic acids is 2. The van der Waals surface area contributed by atoms with Crippen LogP contribution in [0.3, 0.4) is 0 Å². The average molecular weight is 695 g/mol. The lowest BCUT2D eigenvalue weighted by molar-refractivity contribution is -0.141. The molecule has 228 valence electrons. The van der Waals surface area contributed by atoms with E-state index < -0.39 is 24.2 Å². The fourth-order valence-electron chi connectivity index (χ4n) is 6.83. The number of ether oxygens (including phenoxy) is 2. The Balaban J connectivity index is 1.46. The number of methoxy groups -OCH3 is 1. The number of benzene rings is 1. The molecule has 0 spiro atoms. The molecule has 1 heterocycles. The van der Waals surface area contributed by atoms with Crippen molar-refractivity contribution in [3.05, 3.63) is 57.1 Å². The molecule has 3 unspecified atom stereocenters. The van der Waals surface area contributed by atoms with Gasteiger partial charge in [0.1, 0.15) is 12.2 Å². The number of amides is 2. The number of aliphatic hydroxyl groups excluding tert-OH is 3. The summed E-state index contributed by atoms with van der Waals surface area (Å²) < 4.78 is 17.8. The Labute approximate surface area is 259 Å². The van der Waals surface area contributed by atoms with Crippen molar-refractivity contribution in [3.8, 4) is 11.5 Å². The first-order chi connectivity index (χ1) is 20.3. The smallest absolute Gasteiger partial charge is 0.247 e. The first-order valence-electron chi connectivity index (χ1n) is 14.5. The number of halogens is 1. The van der Waals surface area contributed by atoms with Crippen LogP contribution in [-0.2, 0) is 22.7 Å². The van der Waals surface area contributed by atoms with Crippen LogP contribution in [0.4, 0.5) is 0 Å². The molecule has 2 aromatic rings. The van der Waals surface area contributed by atoms with Gasteiger partial charge in [-0.15, -0.1) is 0 Å². The molecule has 11 heteroatoms. The number of hydrogen-bond donors (Lipinski definition) is 4. The lowest BCUT2D eigenvalue weighted by Gasteiger charge is -2.41. The van der Waals surface area contributed by atoms with E-state index >= 15 is 0 Å². The van der Waals surface area contributed by atoms with E-state index in [4.69, 9.17) is 13.9 Å². The Morgan fingerprint density at radius 3 is 2.67 bits per heavy atom. The lowest BCUT2D eigenvalue weighted by atomic mass is 9.84. The van der Waals surface area contributed by atoms with Gasteiger partial charge in [0.05, 0.1) is 42.5 Å². The number of rotatable bonds is 12. The molecule has 10 nitrogen and oxygen atoms in total. The van der Waals surface area contributed by atoms with E-state index in [1.165, 1.54) is 26.4 Å². The highest BCUT2D eigenvalue weighted by atomic mass is 127. The van der Waals surface area contributed by atoms with Crippen LogP contribution < -0.4 is 14.8 Å². The number of fused-ring (bicyclic) bond motifs is 2. The van der Waals surface area contributed by atoms with Gasteiger partial charge in [0.25, 0.3) is 0 Å². The number of hydrogen-bond acceptors (Lipinski definition) is 8. The molecule has 1 aromatic carbocycles. The topological polar surface area (TPSA) is 142 Å². The Morgan fingerprint density at radius 1 is 1.19 bits per heavy atom. The van der Waals surface area contributed by atoms with E-state index in [9.17, 15) is 24.9 Å². The fraction of sp³-hybridized carbons (Fsp3) is 0.548. The molecule has 4 N–H and O–H groups in total. The molecule has 5 rings (SSSR count). The standard InChI is InChI=1S/C31H39IN2O8/c1-40-27-11-20(16-36)10-24(32)30(27)42-26-13-23(31(39)33-5-6-35)12-25(29(26)38)34(15-19-4-7-41-17-19)28(37)14-22-9-18-2-3-21(22)8-18/h4,7,10-11,13,17-18,21-22,25-26,29,35-36,38H,2-3,5-6,8-9,12,14-16H2,1H3,(H,33,39)/t18?,21?,22?,25-,26+,29+/m1/s1. The van der Waals surface area contributed by atoms with Crippen LogP contribution >= 0.6 is 22.6 Å². The summed E-state index contributed by atoms with van der Waals surface area (Å²) in [6.07, 6.45) is 7.76. The Morgan fingerprint density at radius 2 is 2.02 bits per heavy atom. The molecule has 1 aromatic heterocycles. The summed E-state index contributed by atoms with van der Waals surface area (Å²) in [4.78, 5) is 28.9. The van der Waals surface area contributed by atoms with Crippen LogP contribution in [-0.4, -0.2) is 70.5 Å². The summed E-state index contributed by atoms with van der Waals surface area (Å²) in [7, 11) is 1.49. The molecule has 2 fully saturated rings. The number of furan rings is 1. The maximum absolute atomic E-state index is 14.0. The minimum atomic E-state index is -1.16. The van der Waals surface area contributed by atoms with E-state index in [1.54, 1.807) is 41.7 Å². The van der Waals surface area contributed by atoms with Crippen LogP contribution in [0.1, 0.15) is 49.7 Å². The molecule has 0 radical (unpaired) electrons. The van der Waals surface area contributed by atoms with Gasteiger partial charge in [0, 0.05) is 37.1 Å². The van der Waals surface area contributed by atoms with Gasteiger partial charge in [0.2, 0.25) is 11.8 Å². The van der Waals surface area contributed by atoms with Crippen molar-refractivity contribution < 1.29 is 38.8 Å². The van der Waals surface area contributed by atoms with Crippen molar-refractivity contribution in [3.63, 3.8) is 0 Å². The van der Waals surface area contributed by atoms with Gasteiger partial charge in [-0.2, -0.15) is 0 Å². The van der Waals surface area contributed by atoms with Gasteiger partial charge in [-0.25, -0.2) is 0 Å². The average Bonchev–Trinajstić information content (AvgIpc) is 3.76. The number of nitrogens with zero attached hydrogens (tertiary/aromatic N) is 1. The second-order valence-corrected chi connectivity index (χ2v) is 12.7. The maximum atomic E-state index is 14.0. The van der Waals surface area contributed by atoms with Crippen molar-refractivity contribution in [1.29, 1.82) is 0 Å². The molecule has 2 saturated carbocycles. The fourth-order valence-corrected chi connectivity index (χ4v) is 7.63. The molecule has 3 aliphatic carbocycles. The molecule has 0 aliphatic heterocycles. The predicted molar refractivity (Wildman–Crippen MR) is 161 cm³/mol. The van der Waals surface area contributed by atoms with Gasteiger partial charge in [-0.1, -0.05) is 6.42 Å². The van der Waals surface area contributed by atoms with E-state index in [1.807, 2.05) is 0 Å². The van der Waals surface area contributed by atoms with E-state index in [0.717, 1.165) is 12.0 Å². The van der Waals surface area contributed by atoms with E-state index in [-0.39, 0.29) is 38.6 Å². The summed E-state index contributed by atoms with van der Waals surface area (Å²) in [5.41, 5.74) is 1.79. The summed E-state index contributed by atoms with van der Waals surface area (Å²) >= 11 is 2.08. The third-order valence-electron chi connectivity index (χ3n) is 8.92. The zero-order chi connectivity index (χ0) is 29.8. The SMILES string of the molecule is COc1cc(CO)cc(I)c1O[C@H]1C=C(C(=O)NCCO)C[C@@H](N(Cc2ccoc2)C(=O)CC2CC3CCC2C3)[C@@H]1O. The monoisotopic (exact) mass is 694 g/mol. The normalized spacial score (nSPS) is 26.5. The van der Waals surface area contributed by atoms with Crippen molar-refractivity contribution in [1.82, 2.24) is 10.2 Å². The highest BCUT2D eigenvalue weighted by molar-refractivity contribution is 14.1. The molecule has 2 bridgehead atoms. The second-order valence-electron chi connectivity index (χ2n) is 11.6. The highest BCUT2D eigenvalue weighted by Crippen LogP contribution is 2.50. The van der Waals surface area contributed by atoms with E-state index in [2.05, 4.69) is 27.9 Å². The summed E-state index contributed by atoms with van der Waals surface area (Å²) in [6.45, 7) is -0.0941. The van der Waals surface area contributed by atoms with Gasteiger partial charge in [-0.05, 0) is 89.4 Å². The maximum Gasteiger partial charge on any atom is 0.247 e. The first kappa shape index (κ1) is 30.8. The van der Waals surface area contributed by atoms with E-state index in [0.29, 0.717) is 50.4 Å². The summed E-state index contributed by atoms with van der Waals surface area (Å²) in [5.74, 6) is 1.88. The third kappa shape index (κ3) is 6.79. The van der Waals surface area contributed by atoms with Gasteiger partial charge < -0.3 is 39.4 Å². The number of aliphatic hydroxyl groups is 3. The second kappa shape index (κ2) is 13.8.